The molecule has 3 rings (SSSR count). The molecule has 0 spiro atoms. The van der Waals surface area contributed by atoms with Gasteiger partial charge in [0.2, 0.25) is 11.8 Å². The molecule has 0 bridgehead atoms. The highest BCUT2D eigenvalue weighted by atomic mass is 16.5. The van der Waals surface area contributed by atoms with Gasteiger partial charge in [-0.15, -0.1) is 10.2 Å². The zero-order valence-electron chi connectivity index (χ0n) is 18.4. The number of aryl methyl sites for hydroxylation is 1. The molecule has 0 saturated carbocycles. The first-order valence-corrected chi connectivity index (χ1v) is 10.9. The van der Waals surface area contributed by atoms with Crippen molar-refractivity contribution in [3.05, 3.63) is 23.4 Å². The van der Waals surface area contributed by atoms with Gasteiger partial charge in [-0.2, -0.15) is 0 Å². The zero-order chi connectivity index (χ0) is 20.1. The van der Waals surface area contributed by atoms with Crippen LogP contribution in [0.15, 0.2) is 16.1 Å². The van der Waals surface area contributed by atoms with Gasteiger partial charge >= 0.3 is 0 Å². The second kappa shape index (κ2) is 9.99. The fourth-order valence-electron chi connectivity index (χ4n) is 4.83. The third kappa shape index (κ3) is 5.65. The van der Waals surface area contributed by atoms with E-state index in [1.165, 1.54) is 31.6 Å². The van der Waals surface area contributed by atoms with E-state index in [-0.39, 0.29) is 0 Å². The highest BCUT2D eigenvalue weighted by Gasteiger charge is 2.33. The van der Waals surface area contributed by atoms with E-state index >= 15 is 0 Å². The number of piperazine rings is 1. The average Bonchev–Trinajstić information content (AvgIpc) is 3.08. The van der Waals surface area contributed by atoms with Gasteiger partial charge in [-0.05, 0) is 37.0 Å². The summed E-state index contributed by atoms with van der Waals surface area (Å²) in [6.45, 7) is 16.6. The van der Waals surface area contributed by atoms with Crippen LogP contribution in [-0.2, 0) is 11.2 Å². The number of allylic oxidation sites excluding steroid dienone is 1. The van der Waals surface area contributed by atoms with Gasteiger partial charge in [0.15, 0.2) is 0 Å². The smallest absolute Gasteiger partial charge is 0.217 e. The van der Waals surface area contributed by atoms with E-state index in [1.807, 2.05) is 6.92 Å². The summed E-state index contributed by atoms with van der Waals surface area (Å²) in [6.07, 6.45) is 4.65. The molecule has 158 valence electrons. The molecule has 2 aliphatic rings. The van der Waals surface area contributed by atoms with Gasteiger partial charge < -0.3 is 14.1 Å². The normalized spacial score (nSPS) is 27.4. The van der Waals surface area contributed by atoms with Crippen molar-refractivity contribution in [1.82, 2.24) is 20.0 Å². The summed E-state index contributed by atoms with van der Waals surface area (Å²) in [5.41, 5.74) is 1.50. The fourth-order valence-corrected chi connectivity index (χ4v) is 4.83. The number of methoxy groups -OCH3 is 1. The lowest BCUT2D eigenvalue weighted by Crippen LogP contribution is -2.49. The van der Waals surface area contributed by atoms with Crippen LogP contribution in [0.2, 0.25) is 0 Å². The van der Waals surface area contributed by atoms with Crippen molar-refractivity contribution >= 4 is 0 Å². The summed E-state index contributed by atoms with van der Waals surface area (Å²) in [6, 6.07) is 0. The molecule has 0 N–H and O–H groups in total. The van der Waals surface area contributed by atoms with Gasteiger partial charge in [-0.1, -0.05) is 25.5 Å². The van der Waals surface area contributed by atoms with Crippen LogP contribution in [-0.4, -0.2) is 73.0 Å². The second-order valence-electron chi connectivity index (χ2n) is 8.97. The van der Waals surface area contributed by atoms with Crippen molar-refractivity contribution in [2.75, 3.05) is 53.0 Å². The van der Waals surface area contributed by atoms with E-state index in [0.29, 0.717) is 29.6 Å². The van der Waals surface area contributed by atoms with Crippen LogP contribution in [0, 0.1) is 30.6 Å². The lowest BCUT2D eigenvalue weighted by atomic mass is 9.69. The Morgan fingerprint density at radius 1 is 1.14 bits per heavy atom. The van der Waals surface area contributed by atoms with Crippen LogP contribution in [0.4, 0.5) is 0 Å². The van der Waals surface area contributed by atoms with Gasteiger partial charge in [0.05, 0.1) is 6.61 Å². The Kier molecular flexibility index (Phi) is 7.66. The summed E-state index contributed by atoms with van der Waals surface area (Å²) in [4.78, 5) is 5.18. The lowest BCUT2D eigenvalue weighted by Gasteiger charge is -2.41. The van der Waals surface area contributed by atoms with E-state index in [1.54, 1.807) is 7.11 Å². The predicted molar refractivity (Wildman–Crippen MR) is 111 cm³/mol. The summed E-state index contributed by atoms with van der Waals surface area (Å²) in [5.74, 6) is 4.01. The van der Waals surface area contributed by atoms with Gasteiger partial charge in [0, 0.05) is 59.7 Å². The van der Waals surface area contributed by atoms with Crippen molar-refractivity contribution in [1.29, 1.82) is 0 Å². The maximum Gasteiger partial charge on any atom is 0.217 e. The zero-order valence-corrected chi connectivity index (χ0v) is 18.4. The van der Waals surface area contributed by atoms with Crippen LogP contribution >= 0.6 is 0 Å². The van der Waals surface area contributed by atoms with Crippen molar-refractivity contribution in [3.63, 3.8) is 0 Å². The van der Waals surface area contributed by atoms with Crippen molar-refractivity contribution in [2.24, 2.45) is 23.7 Å². The van der Waals surface area contributed by atoms with Crippen LogP contribution in [0.5, 0.6) is 0 Å². The molecular formula is C22H38N4O2. The maximum absolute atomic E-state index is 5.65. The average molecular weight is 391 g/mol. The Morgan fingerprint density at radius 3 is 2.46 bits per heavy atom. The van der Waals surface area contributed by atoms with Crippen molar-refractivity contribution in [3.8, 4) is 0 Å². The van der Waals surface area contributed by atoms with Gasteiger partial charge in [0.1, 0.15) is 0 Å². The van der Waals surface area contributed by atoms with Crippen LogP contribution < -0.4 is 0 Å². The maximum atomic E-state index is 5.65. The molecule has 1 saturated heterocycles. The third-order valence-corrected chi connectivity index (χ3v) is 6.62. The first-order valence-electron chi connectivity index (χ1n) is 10.9. The summed E-state index contributed by atoms with van der Waals surface area (Å²) in [5, 5.41) is 8.21. The number of hydrogen-bond donors (Lipinski definition) is 0. The van der Waals surface area contributed by atoms with E-state index in [9.17, 15) is 0 Å². The van der Waals surface area contributed by atoms with Gasteiger partial charge in [0.25, 0.3) is 0 Å². The first kappa shape index (κ1) is 21.5. The summed E-state index contributed by atoms with van der Waals surface area (Å²) < 4.78 is 10.9. The molecule has 6 nitrogen and oxygen atoms in total. The van der Waals surface area contributed by atoms with Crippen molar-refractivity contribution < 1.29 is 9.15 Å². The minimum atomic E-state index is 0.523. The summed E-state index contributed by atoms with van der Waals surface area (Å²) in [7, 11) is 1.78. The molecule has 1 aliphatic heterocycles. The van der Waals surface area contributed by atoms with E-state index < -0.39 is 0 Å². The lowest BCUT2D eigenvalue weighted by molar-refractivity contribution is 0.0798. The Morgan fingerprint density at radius 2 is 1.86 bits per heavy atom. The monoisotopic (exact) mass is 390 g/mol. The number of nitrogens with zero attached hydrogens (tertiary/aromatic N) is 4. The third-order valence-electron chi connectivity index (χ3n) is 6.62. The minimum Gasteiger partial charge on any atom is -0.426 e. The number of aromatic nitrogens is 2. The van der Waals surface area contributed by atoms with Crippen LogP contribution in [0.1, 0.15) is 39.0 Å². The molecule has 2 heterocycles. The SMILES string of the molecule is COCCN1CCN(C[C@@H]2C=C(C)[C@H](Cc3nnc(C)o3)C[C@H]2C(C)C)CC1. The Labute approximate surface area is 170 Å². The molecule has 28 heavy (non-hydrogen) atoms. The highest BCUT2D eigenvalue weighted by molar-refractivity contribution is 5.14. The molecule has 1 aromatic rings. The molecule has 1 fully saturated rings. The number of rotatable bonds is 8. The second-order valence-corrected chi connectivity index (χ2v) is 8.97. The number of hydrogen-bond acceptors (Lipinski definition) is 6. The Hall–Kier alpha value is -1.24. The van der Waals surface area contributed by atoms with E-state index in [4.69, 9.17) is 9.15 Å². The van der Waals surface area contributed by atoms with Gasteiger partial charge in [-0.3, -0.25) is 4.90 Å². The highest BCUT2D eigenvalue weighted by Crippen LogP contribution is 2.39. The quantitative estimate of drug-likeness (QED) is 0.636. The molecule has 1 aliphatic carbocycles. The standard InChI is InChI=1S/C22H38N4O2/c1-16(2)21-13-19(14-22-24-23-18(4)28-22)17(3)12-20(21)15-26-8-6-25(7-9-26)10-11-27-5/h12,16,19-21H,6-11,13-15H2,1-5H3/t19-,20-,21-/m0/s1. The fraction of sp³-hybridized carbons (Fsp3) is 0.818. The Bertz CT molecular complexity index is 634. The molecule has 1 aromatic heterocycles. The first-order chi connectivity index (χ1) is 13.5. The predicted octanol–water partition coefficient (Wildman–Crippen LogP) is 3.04. The molecule has 0 aromatic carbocycles. The molecule has 6 heteroatoms. The molecule has 0 radical (unpaired) electrons. The van der Waals surface area contributed by atoms with Gasteiger partial charge in [-0.25, -0.2) is 0 Å². The van der Waals surface area contributed by atoms with Crippen LogP contribution in [0.3, 0.4) is 0 Å². The largest absolute Gasteiger partial charge is 0.426 e. The van der Waals surface area contributed by atoms with E-state index in [2.05, 4.69) is 46.8 Å². The van der Waals surface area contributed by atoms with Crippen LogP contribution in [0.25, 0.3) is 0 Å². The molecule has 3 atom stereocenters. The van der Waals surface area contributed by atoms with E-state index in [0.717, 1.165) is 38.6 Å². The number of ether oxygens (including phenoxy) is 1. The minimum absolute atomic E-state index is 0.523. The summed E-state index contributed by atoms with van der Waals surface area (Å²) >= 11 is 0. The van der Waals surface area contributed by atoms with Crippen molar-refractivity contribution in [2.45, 2.75) is 40.5 Å². The Balaban J connectivity index is 1.59. The molecular weight excluding hydrogens is 352 g/mol. The molecule has 0 unspecified atom stereocenters. The molecule has 0 amide bonds. The topological polar surface area (TPSA) is 54.6 Å².